The highest BCUT2D eigenvalue weighted by molar-refractivity contribution is 5.85. The molecule has 0 saturated carbocycles. The van der Waals surface area contributed by atoms with E-state index in [-0.39, 0.29) is 36.3 Å². The van der Waals surface area contributed by atoms with Gasteiger partial charge in [0, 0.05) is 25.6 Å². The first kappa shape index (κ1) is 22.8. The van der Waals surface area contributed by atoms with Crippen LogP contribution in [-0.4, -0.2) is 61.9 Å². The van der Waals surface area contributed by atoms with Gasteiger partial charge in [-0.1, -0.05) is 6.07 Å². The average molecular weight is 413 g/mol. The molecule has 2 aliphatic rings. The van der Waals surface area contributed by atoms with Gasteiger partial charge in [0.05, 0.1) is 19.6 Å². The van der Waals surface area contributed by atoms with Gasteiger partial charge in [0.15, 0.2) is 11.5 Å². The van der Waals surface area contributed by atoms with Gasteiger partial charge in [-0.15, -0.1) is 12.4 Å². The molecule has 1 aromatic carbocycles. The molecular formula is C21H33ClN2O4. The second kappa shape index (κ2) is 10.3. The number of carbonyl (C=O) groups is 1. The molecule has 2 heterocycles. The molecule has 0 aromatic heterocycles. The lowest BCUT2D eigenvalue weighted by molar-refractivity contribution is -0.130. The third kappa shape index (κ3) is 4.91. The fourth-order valence-corrected chi connectivity index (χ4v) is 4.46. The van der Waals surface area contributed by atoms with Crippen molar-refractivity contribution in [3.8, 4) is 11.5 Å². The summed E-state index contributed by atoms with van der Waals surface area (Å²) in [5, 5.41) is 13.2. The van der Waals surface area contributed by atoms with Crippen molar-refractivity contribution in [3.05, 3.63) is 23.8 Å². The molecule has 6 nitrogen and oxygen atoms in total. The topological polar surface area (TPSA) is 71.0 Å². The summed E-state index contributed by atoms with van der Waals surface area (Å²) in [5.74, 6) is 1.71. The van der Waals surface area contributed by atoms with Crippen molar-refractivity contribution in [1.29, 1.82) is 0 Å². The summed E-state index contributed by atoms with van der Waals surface area (Å²) in [5.41, 5.74) is 1.00. The van der Waals surface area contributed by atoms with Gasteiger partial charge in [-0.2, -0.15) is 0 Å². The van der Waals surface area contributed by atoms with Gasteiger partial charge in [-0.05, 0) is 62.9 Å². The third-order valence-corrected chi connectivity index (χ3v) is 5.95. The van der Waals surface area contributed by atoms with E-state index >= 15 is 0 Å². The Bertz CT molecular complexity index is 649. The number of aliphatic hydroxyl groups excluding tert-OH is 1. The molecule has 3 rings (SSSR count). The van der Waals surface area contributed by atoms with Gasteiger partial charge >= 0.3 is 0 Å². The van der Waals surface area contributed by atoms with Crippen LogP contribution < -0.4 is 14.8 Å². The summed E-state index contributed by atoms with van der Waals surface area (Å²) in [6.07, 6.45) is 2.40. The smallest absolute Gasteiger partial charge is 0.227 e. The summed E-state index contributed by atoms with van der Waals surface area (Å²) in [6, 6.07) is 5.73. The Labute approximate surface area is 174 Å². The molecule has 0 bridgehead atoms. The number of likely N-dealkylation sites (tertiary alicyclic amines) is 1. The third-order valence-electron chi connectivity index (χ3n) is 5.95. The minimum atomic E-state index is 0. The summed E-state index contributed by atoms with van der Waals surface area (Å²) < 4.78 is 11.3. The van der Waals surface area contributed by atoms with Crippen LogP contribution >= 0.6 is 12.4 Å². The highest BCUT2D eigenvalue weighted by atomic mass is 35.5. The van der Waals surface area contributed by atoms with E-state index in [1.807, 2.05) is 36.9 Å². The minimum Gasteiger partial charge on any atom is -0.490 e. The normalized spacial score (nSPS) is 20.7. The van der Waals surface area contributed by atoms with Crippen LogP contribution in [-0.2, 0) is 11.2 Å². The molecule has 2 N–H and O–H groups in total. The maximum Gasteiger partial charge on any atom is 0.227 e. The number of nitrogens with one attached hydrogen (secondary N) is 1. The Balaban J connectivity index is 0.00000280. The van der Waals surface area contributed by atoms with Crippen LogP contribution in [0.1, 0.15) is 32.3 Å². The number of benzene rings is 1. The van der Waals surface area contributed by atoms with Crippen LogP contribution in [0.5, 0.6) is 11.5 Å². The zero-order valence-corrected chi connectivity index (χ0v) is 17.7. The number of amides is 1. The van der Waals surface area contributed by atoms with Crippen molar-refractivity contribution >= 4 is 18.3 Å². The second-order valence-electron chi connectivity index (χ2n) is 7.59. The van der Waals surface area contributed by atoms with Crippen molar-refractivity contribution in [2.75, 3.05) is 46.0 Å². The lowest BCUT2D eigenvalue weighted by Gasteiger charge is -2.37. The molecule has 1 amide bonds. The summed E-state index contributed by atoms with van der Waals surface area (Å²) in [6.45, 7) is 8.51. The van der Waals surface area contributed by atoms with Gasteiger partial charge in [0.2, 0.25) is 5.91 Å². The summed E-state index contributed by atoms with van der Waals surface area (Å²) >= 11 is 0. The van der Waals surface area contributed by atoms with Gasteiger partial charge in [0.25, 0.3) is 0 Å². The van der Waals surface area contributed by atoms with E-state index in [0.29, 0.717) is 37.7 Å². The molecule has 2 fully saturated rings. The Hall–Kier alpha value is -1.50. The molecule has 1 unspecified atom stereocenters. The standard InChI is InChI=1S/C21H32N2O4.ClH/c1-3-26-18-6-5-16(11-19(18)27-4-2)12-20(25)23-13-17(14-24)21(15-23)7-9-22-10-8-21;/h5-6,11,17,22,24H,3-4,7-10,12-15H2,1-2H3;1H. The molecule has 7 heteroatoms. The summed E-state index contributed by atoms with van der Waals surface area (Å²) in [7, 11) is 0. The van der Waals surface area contributed by atoms with Crippen LogP contribution in [0.2, 0.25) is 0 Å². The van der Waals surface area contributed by atoms with E-state index in [0.717, 1.165) is 38.0 Å². The van der Waals surface area contributed by atoms with E-state index in [4.69, 9.17) is 9.47 Å². The van der Waals surface area contributed by atoms with Crippen LogP contribution in [0.4, 0.5) is 0 Å². The lowest BCUT2D eigenvalue weighted by atomic mass is 9.71. The Morgan fingerprint density at radius 2 is 1.89 bits per heavy atom. The molecule has 1 spiro atoms. The molecule has 0 aliphatic carbocycles. The molecule has 1 aromatic rings. The SMILES string of the molecule is CCOc1ccc(CC(=O)N2CC(CO)C3(CCNCC3)C2)cc1OCC.Cl. The number of hydrogen-bond donors (Lipinski definition) is 2. The van der Waals surface area contributed by atoms with Crippen LogP contribution in [0.25, 0.3) is 0 Å². The molecule has 0 radical (unpaired) electrons. The van der Waals surface area contributed by atoms with Gasteiger partial charge in [0.1, 0.15) is 0 Å². The van der Waals surface area contributed by atoms with Gasteiger partial charge in [-0.25, -0.2) is 0 Å². The van der Waals surface area contributed by atoms with Crippen LogP contribution in [0.15, 0.2) is 18.2 Å². The number of halogens is 1. The molecule has 158 valence electrons. The quantitative estimate of drug-likeness (QED) is 0.718. The maximum absolute atomic E-state index is 12.9. The monoisotopic (exact) mass is 412 g/mol. The number of carbonyl (C=O) groups excluding carboxylic acids is 1. The van der Waals surface area contributed by atoms with E-state index in [9.17, 15) is 9.90 Å². The second-order valence-corrected chi connectivity index (χ2v) is 7.59. The number of hydrogen-bond acceptors (Lipinski definition) is 5. The van der Waals surface area contributed by atoms with Crippen molar-refractivity contribution in [2.45, 2.75) is 33.1 Å². The fourth-order valence-electron chi connectivity index (χ4n) is 4.46. The van der Waals surface area contributed by atoms with Crippen molar-refractivity contribution in [1.82, 2.24) is 10.2 Å². The maximum atomic E-state index is 12.9. The van der Waals surface area contributed by atoms with Crippen molar-refractivity contribution < 1.29 is 19.4 Å². The number of piperidine rings is 1. The first-order valence-corrected chi connectivity index (χ1v) is 10.1. The van der Waals surface area contributed by atoms with E-state index in [1.54, 1.807) is 0 Å². The number of nitrogens with zero attached hydrogens (tertiary/aromatic N) is 1. The largest absolute Gasteiger partial charge is 0.490 e. The average Bonchev–Trinajstić information content (AvgIpc) is 3.02. The van der Waals surface area contributed by atoms with E-state index in [2.05, 4.69) is 5.32 Å². The van der Waals surface area contributed by atoms with Crippen LogP contribution in [0.3, 0.4) is 0 Å². The number of ether oxygens (including phenoxy) is 2. The zero-order valence-electron chi connectivity index (χ0n) is 16.9. The Morgan fingerprint density at radius 3 is 2.54 bits per heavy atom. The highest BCUT2D eigenvalue weighted by Crippen LogP contribution is 2.43. The molecular weight excluding hydrogens is 380 g/mol. The molecule has 28 heavy (non-hydrogen) atoms. The van der Waals surface area contributed by atoms with Gasteiger partial charge in [-0.3, -0.25) is 4.79 Å². The summed E-state index contributed by atoms with van der Waals surface area (Å²) in [4.78, 5) is 14.9. The Morgan fingerprint density at radius 1 is 1.21 bits per heavy atom. The molecule has 2 saturated heterocycles. The predicted molar refractivity (Wildman–Crippen MR) is 111 cm³/mol. The minimum absolute atomic E-state index is 0. The molecule has 2 aliphatic heterocycles. The van der Waals surface area contributed by atoms with E-state index in [1.165, 1.54) is 0 Å². The highest BCUT2D eigenvalue weighted by Gasteiger charge is 2.47. The number of aliphatic hydroxyl groups is 1. The van der Waals surface area contributed by atoms with Crippen molar-refractivity contribution in [2.24, 2.45) is 11.3 Å². The first-order chi connectivity index (χ1) is 13.1. The zero-order chi connectivity index (χ0) is 19.3. The van der Waals surface area contributed by atoms with Crippen LogP contribution in [0, 0.1) is 11.3 Å². The predicted octanol–water partition coefficient (Wildman–Crippen LogP) is 2.27. The first-order valence-electron chi connectivity index (χ1n) is 10.1. The fraction of sp³-hybridized carbons (Fsp3) is 0.667. The van der Waals surface area contributed by atoms with E-state index < -0.39 is 0 Å². The Kier molecular flexibility index (Phi) is 8.40. The lowest BCUT2D eigenvalue weighted by Crippen LogP contribution is -2.43. The van der Waals surface area contributed by atoms with Crippen molar-refractivity contribution in [3.63, 3.8) is 0 Å². The van der Waals surface area contributed by atoms with Gasteiger partial charge < -0.3 is 24.8 Å². The number of rotatable bonds is 7. The molecule has 1 atom stereocenters.